The molecule has 0 fully saturated rings. The second-order valence-electron chi connectivity index (χ2n) is 6.39. The topological polar surface area (TPSA) is 34.4 Å². The summed E-state index contributed by atoms with van der Waals surface area (Å²) in [5, 5.41) is 1.06. The Labute approximate surface area is 182 Å². The van der Waals surface area contributed by atoms with Crippen LogP contribution >= 0.6 is 34.5 Å². The van der Waals surface area contributed by atoms with Crippen molar-refractivity contribution in [1.29, 1.82) is 0 Å². The molecule has 29 heavy (non-hydrogen) atoms. The lowest BCUT2D eigenvalue weighted by atomic mass is 10.1. The molecule has 0 N–H and O–H groups in total. The Hall–Kier alpha value is -2.66. The number of benzene rings is 3. The molecular formula is C23H16Cl2N2OS. The summed E-state index contributed by atoms with van der Waals surface area (Å²) in [6.45, 7) is 0. The highest BCUT2D eigenvalue weighted by molar-refractivity contribution is 7.13. The Balaban J connectivity index is 1.92. The minimum Gasteiger partial charge on any atom is -0.319 e. The first-order valence-electron chi connectivity index (χ1n) is 8.89. The van der Waals surface area contributed by atoms with Crippen molar-refractivity contribution in [2.24, 2.45) is 12.0 Å². The van der Waals surface area contributed by atoms with Gasteiger partial charge in [-0.1, -0.05) is 89.1 Å². The second kappa shape index (κ2) is 8.37. The van der Waals surface area contributed by atoms with Gasteiger partial charge in [0.05, 0.1) is 21.2 Å². The Morgan fingerprint density at radius 2 is 1.52 bits per heavy atom. The number of halogens is 2. The Bertz CT molecular complexity index is 1240. The number of hydrogen-bond donors (Lipinski definition) is 0. The molecule has 6 heteroatoms. The lowest BCUT2D eigenvalue weighted by Crippen LogP contribution is -2.14. The molecule has 1 heterocycles. The minimum absolute atomic E-state index is 0.366. The van der Waals surface area contributed by atoms with Crippen LogP contribution in [0, 0.1) is 0 Å². The molecule has 1 amide bonds. The molecule has 0 saturated heterocycles. The fourth-order valence-corrected chi connectivity index (χ4v) is 4.54. The van der Waals surface area contributed by atoms with Gasteiger partial charge in [0.2, 0.25) is 0 Å². The predicted molar refractivity (Wildman–Crippen MR) is 121 cm³/mol. The predicted octanol–water partition coefficient (Wildman–Crippen LogP) is 6.47. The summed E-state index contributed by atoms with van der Waals surface area (Å²) in [7, 11) is 1.91. The van der Waals surface area contributed by atoms with Crippen molar-refractivity contribution in [3.8, 4) is 21.7 Å². The van der Waals surface area contributed by atoms with Crippen LogP contribution in [0.4, 0.5) is 0 Å². The molecule has 3 nitrogen and oxygen atoms in total. The van der Waals surface area contributed by atoms with E-state index in [1.54, 1.807) is 24.3 Å². The first-order valence-corrected chi connectivity index (χ1v) is 10.5. The first-order chi connectivity index (χ1) is 14.0. The average Bonchev–Trinajstić information content (AvgIpc) is 3.06. The highest BCUT2D eigenvalue weighted by atomic mass is 35.5. The van der Waals surface area contributed by atoms with Crippen molar-refractivity contribution in [1.82, 2.24) is 4.57 Å². The Morgan fingerprint density at radius 1 is 0.862 bits per heavy atom. The number of carbonyl (C=O) groups excluding carboxylic acids is 1. The largest absolute Gasteiger partial charge is 0.319 e. The summed E-state index contributed by atoms with van der Waals surface area (Å²) in [6, 6.07) is 24.6. The summed E-state index contributed by atoms with van der Waals surface area (Å²) in [5.41, 5.74) is 3.42. The van der Waals surface area contributed by atoms with Crippen LogP contribution in [0.15, 0.2) is 83.9 Å². The van der Waals surface area contributed by atoms with Crippen LogP contribution in [0.5, 0.6) is 0 Å². The number of nitrogens with zero attached hydrogens (tertiary/aromatic N) is 2. The maximum atomic E-state index is 12.8. The molecule has 0 bridgehead atoms. The lowest BCUT2D eigenvalue weighted by Gasteiger charge is -2.07. The first kappa shape index (κ1) is 19.6. The normalized spacial score (nSPS) is 11.6. The van der Waals surface area contributed by atoms with E-state index >= 15 is 0 Å². The van der Waals surface area contributed by atoms with Crippen molar-refractivity contribution in [2.45, 2.75) is 0 Å². The maximum absolute atomic E-state index is 12.8. The molecule has 0 saturated carbocycles. The summed E-state index contributed by atoms with van der Waals surface area (Å²) in [4.78, 5) is 18.7. The zero-order valence-corrected chi connectivity index (χ0v) is 17.8. The van der Waals surface area contributed by atoms with E-state index in [1.807, 2.05) is 66.2 Å². The standard InChI is InChI=1S/C23H16Cl2N2OS/c1-27-20(15-11-13-17(24)14-12-15)21(16-7-3-2-4-8-16)29-23(27)26-22(28)18-9-5-6-10-19(18)25/h2-14H,1H3. The molecule has 0 aliphatic rings. The number of carbonyl (C=O) groups is 1. The quantitative estimate of drug-likeness (QED) is 0.360. The molecule has 0 unspecified atom stereocenters. The van der Waals surface area contributed by atoms with Crippen LogP contribution < -0.4 is 4.80 Å². The van der Waals surface area contributed by atoms with E-state index in [1.165, 1.54) is 11.3 Å². The fourth-order valence-electron chi connectivity index (χ4n) is 3.05. The summed E-state index contributed by atoms with van der Waals surface area (Å²) in [5.74, 6) is -0.366. The van der Waals surface area contributed by atoms with Gasteiger partial charge in [0, 0.05) is 12.1 Å². The second-order valence-corrected chi connectivity index (χ2v) is 8.21. The zero-order valence-electron chi connectivity index (χ0n) is 15.5. The molecule has 0 spiro atoms. The SMILES string of the molecule is Cn1c(-c2ccc(Cl)cc2)c(-c2ccccc2)sc1=NC(=O)c1ccccc1Cl. The molecule has 0 aliphatic heterocycles. The van der Waals surface area contributed by atoms with E-state index in [0.29, 0.717) is 20.4 Å². The number of amides is 1. The molecule has 0 radical (unpaired) electrons. The molecule has 3 aromatic carbocycles. The van der Waals surface area contributed by atoms with E-state index in [0.717, 1.165) is 21.7 Å². The average molecular weight is 439 g/mol. The molecular weight excluding hydrogens is 423 g/mol. The number of thiazole rings is 1. The molecule has 1 aromatic heterocycles. The van der Waals surface area contributed by atoms with E-state index in [2.05, 4.69) is 4.99 Å². The Kier molecular flexibility index (Phi) is 5.67. The highest BCUT2D eigenvalue weighted by Crippen LogP contribution is 2.34. The number of hydrogen-bond acceptors (Lipinski definition) is 2. The van der Waals surface area contributed by atoms with Gasteiger partial charge in [0.25, 0.3) is 5.91 Å². The third-order valence-corrected chi connectivity index (χ3v) is 6.25. The minimum atomic E-state index is -0.366. The van der Waals surface area contributed by atoms with Gasteiger partial charge in [-0.3, -0.25) is 4.79 Å². The molecule has 144 valence electrons. The van der Waals surface area contributed by atoms with Crippen molar-refractivity contribution < 1.29 is 4.79 Å². The Morgan fingerprint density at radius 3 is 2.21 bits per heavy atom. The molecule has 0 atom stereocenters. The van der Waals surface area contributed by atoms with Gasteiger partial charge in [0.1, 0.15) is 0 Å². The number of rotatable bonds is 3. The van der Waals surface area contributed by atoms with Gasteiger partial charge in [-0.05, 0) is 35.4 Å². The van der Waals surface area contributed by atoms with Crippen molar-refractivity contribution in [3.05, 3.63) is 99.3 Å². The summed E-state index contributed by atoms with van der Waals surface area (Å²) in [6.07, 6.45) is 0. The fraction of sp³-hybridized carbons (Fsp3) is 0.0435. The van der Waals surface area contributed by atoms with Crippen molar-refractivity contribution in [2.75, 3.05) is 0 Å². The van der Waals surface area contributed by atoms with E-state index in [-0.39, 0.29) is 5.91 Å². The monoisotopic (exact) mass is 438 g/mol. The van der Waals surface area contributed by atoms with Crippen LogP contribution in [0.25, 0.3) is 21.7 Å². The highest BCUT2D eigenvalue weighted by Gasteiger charge is 2.16. The molecule has 4 aromatic rings. The van der Waals surface area contributed by atoms with Crippen molar-refractivity contribution >= 4 is 40.4 Å². The van der Waals surface area contributed by atoms with E-state index < -0.39 is 0 Å². The van der Waals surface area contributed by atoms with Gasteiger partial charge in [-0.2, -0.15) is 4.99 Å². The molecule has 0 aliphatic carbocycles. The van der Waals surface area contributed by atoms with Gasteiger partial charge >= 0.3 is 0 Å². The maximum Gasteiger partial charge on any atom is 0.281 e. The third-order valence-electron chi connectivity index (χ3n) is 4.49. The van der Waals surface area contributed by atoms with Gasteiger partial charge in [-0.15, -0.1) is 0 Å². The van der Waals surface area contributed by atoms with Gasteiger partial charge in [-0.25, -0.2) is 0 Å². The van der Waals surface area contributed by atoms with Gasteiger partial charge < -0.3 is 4.57 Å². The van der Waals surface area contributed by atoms with Crippen LogP contribution in [-0.4, -0.2) is 10.5 Å². The summed E-state index contributed by atoms with van der Waals surface area (Å²) < 4.78 is 1.94. The van der Waals surface area contributed by atoms with Crippen LogP contribution in [0.1, 0.15) is 10.4 Å². The zero-order chi connectivity index (χ0) is 20.4. The van der Waals surface area contributed by atoms with Crippen LogP contribution in [-0.2, 0) is 7.05 Å². The smallest absolute Gasteiger partial charge is 0.281 e. The van der Waals surface area contributed by atoms with E-state index in [9.17, 15) is 4.79 Å². The lowest BCUT2D eigenvalue weighted by molar-refractivity contribution is 0.0998. The van der Waals surface area contributed by atoms with Crippen LogP contribution in [0.2, 0.25) is 10.0 Å². The van der Waals surface area contributed by atoms with E-state index in [4.69, 9.17) is 23.2 Å². The van der Waals surface area contributed by atoms with Gasteiger partial charge in [0.15, 0.2) is 4.80 Å². The number of aromatic nitrogens is 1. The summed E-state index contributed by atoms with van der Waals surface area (Å²) >= 11 is 13.7. The molecule has 4 rings (SSSR count). The third kappa shape index (κ3) is 4.06. The van der Waals surface area contributed by atoms with Crippen molar-refractivity contribution in [3.63, 3.8) is 0 Å². The van der Waals surface area contributed by atoms with Crippen LogP contribution in [0.3, 0.4) is 0 Å².